The lowest BCUT2D eigenvalue weighted by Crippen LogP contribution is -2.37. The highest BCUT2D eigenvalue weighted by Crippen LogP contribution is 2.31. The van der Waals surface area contributed by atoms with Crippen LogP contribution in [0.3, 0.4) is 0 Å². The molecule has 2 N–H and O–H groups in total. The Hall–Kier alpha value is -2.67. The highest BCUT2D eigenvalue weighted by molar-refractivity contribution is 7.99. The summed E-state index contributed by atoms with van der Waals surface area (Å²) in [4.78, 5) is 24.1. The van der Waals surface area contributed by atoms with Gasteiger partial charge in [0.2, 0.25) is 0 Å². The lowest BCUT2D eigenvalue weighted by atomic mass is 10.1. The van der Waals surface area contributed by atoms with Gasteiger partial charge in [-0.3, -0.25) is 0 Å². The van der Waals surface area contributed by atoms with Crippen LogP contribution < -0.4 is 9.47 Å². The number of hydrogen-bond donors (Lipinski definition) is 2. The molecule has 0 atom stereocenters. The van der Waals surface area contributed by atoms with Gasteiger partial charge in [0.1, 0.15) is 11.5 Å². The molecule has 2 aromatic rings. The largest absolute Gasteiger partial charge is 0.478 e. The summed E-state index contributed by atoms with van der Waals surface area (Å²) < 4.78 is 11.0. The summed E-state index contributed by atoms with van der Waals surface area (Å²) in [5, 5.41) is 18.2. The number of carbonyl (C=O) groups is 2. The molecule has 144 valence electrons. The Kier molecular flexibility index (Phi) is 6.05. The summed E-state index contributed by atoms with van der Waals surface area (Å²) in [5.41, 5.74) is -2.59. The van der Waals surface area contributed by atoms with Crippen molar-refractivity contribution in [3.05, 3.63) is 48.5 Å². The van der Waals surface area contributed by atoms with Gasteiger partial charge in [0, 0.05) is 9.79 Å². The van der Waals surface area contributed by atoms with E-state index in [1.165, 1.54) is 39.5 Å². The first kappa shape index (κ1) is 20.6. The van der Waals surface area contributed by atoms with Crippen molar-refractivity contribution in [3.63, 3.8) is 0 Å². The maximum absolute atomic E-state index is 11.1. The molecule has 0 aromatic heterocycles. The second-order valence-electron chi connectivity index (χ2n) is 6.88. The van der Waals surface area contributed by atoms with Crippen LogP contribution in [-0.4, -0.2) is 33.4 Å². The average Bonchev–Trinajstić information content (AvgIpc) is 2.57. The molecule has 0 aliphatic rings. The number of carboxylic acids is 2. The average molecular weight is 390 g/mol. The molecule has 6 nitrogen and oxygen atoms in total. The second-order valence-corrected chi connectivity index (χ2v) is 8.03. The number of rotatable bonds is 8. The van der Waals surface area contributed by atoms with Gasteiger partial charge in [-0.05, 0) is 76.2 Å². The van der Waals surface area contributed by atoms with Crippen LogP contribution in [0.15, 0.2) is 58.3 Å². The first-order valence-corrected chi connectivity index (χ1v) is 9.04. The van der Waals surface area contributed by atoms with E-state index in [4.69, 9.17) is 19.7 Å². The normalized spacial score (nSPS) is 11.7. The van der Waals surface area contributed by atoms with Gasteiger partial charge in [0.05, 0.1) is 0 Å². The van der Waals surface area contributed by atoms with E-state index in [0.29, 0.717) is 11.5 Å². The van der Waals surface area contributed by atoms with E-state index in [1.54, 1.807) is 24.3 Å². The second kappa shape index (κ2) is 7.92. The third-order valence-electron chi connectivity index (χ3n) is 3.66. The number of benzene rings is 2. The molecule has 0 saturated heterocycles. The molecule has 7 heteroatoms. The summed E-state index contributed by atoms with van der Waals surface area (Å²) in [6, 6.07) is 14.3. The van der Waals surface area contributed by atoms with E-state index in [1.807, 2.05) is 24.3 Å². The summed E-state index contributed by atoms with van der Waals surface area (Å²) in [6.07, 6.45) is 0. The predicted molar refractivity (Wildman–Crippen MR) is 102 cm³/mol. The lowest BCUT2D eigenvalue weighted by molar-refractivity contribution is -0.152. The van der Waals surface area contributed by atoms with Crippen LogP contribution in [0.2, 0.25) is 0 Å². The SMILES string of the molecule is CC(C)(Oc1ccc(Sc2ccc(OC(C)(C)C(=O)O)cc2)cc1)C(=O)O. The first-order chi connectivity index (χ1) is 12.5. The first-order valence-electron chi connectivity index (χ1n) is 8.22. The van der Waals surface area contributed by atoms with Crippen molar-refractivity contribution in [2.24, 2.45) is 0 Å². The van der Waals surface area contributed by atoms with Crippen molar-refractivity contribution < 1.29 is 29.3 Å². The zero-order valence-corrected chi connectivity index (χ0v) is 16.4. The van der Waals surface area contributed by atoms with Gasteiger partial charge in [0.25, 0.3) is 0 Å². The molecule has 0 heterocycles. The van der Waals surface area contributed by atoms with Gasteiger partial charge in [-0.1, -0.05) is 11.8 Å². The molecule has 0 aliphatic heterocycles. The van der Waals surface area contributed by atoms with Gasteiger partial charge in [-0.25, -0.2) is 9.59 Å². The summed E-state index contributed by atoms with van der Waals surface area (Å²) in [6.45, 7) is 5.97. The third-order valence-corrected chi connectivity index (χ3v) is 4.67. The molecular formula is C20H22O6S. The molecule has 0 radical (unpaired) electrons. The van der Waals surface area contributed by atoms with Crippen LogP contribution in [0, 0.1) is 0 Å². The Balaban J connectivity index is 2.01. The zero-order valence-electron chi connectivity index (χ0n) is 15.6. The van der Waals surface area contributed by atoms with Gasteiger partial charge in [-0.2, -0.15) is 0 Å². The monoisotopic (exact) mass is 390 g/mol. The molecule has 2 rings (SSSR count). The Morgan fingerprint density at radius 3 is 1.26 bits per heavy atom. The number of hydrogen-bond acceptors (Lipinski definition) is 5. The van der Waals surface area contributed by atoms with Gasteiger partial charge in [-0.15, -0.1) is 0 Å². The summed E-state index contributed by atoms with van der Waals surface area (Å²) in [7, 11) is 0. The Morgan fingerprint density at radius 2 is 1.00 bits per heavy atom. The molecular weight excluding hydrogens is 368 g/mol. The molecule has 0 aliphatic carbocycles. The van der Waals surface area contributed by atoms with Crippen LogP contribution in [0.5, 0.6) is 11.5 Å². The Morgan fingerprint density at radius 1 is 0.704 bits per heavy atom. The molecule has 2 aromatic carbocycles. The number of carboxylic acid groups (broad SMARTS) is 2. The van der Waals surface area contributed by atoms with Crippen molar-refractivity contribution in [2.45, 2.75) is 48.7 Å². The lowest BCUT2D eigenvalue weighted by Gasteiger charge is -2.21. The predicted octanol–water partition coefficient (Wildman–Crippen LogP) is 4.32. The fraction of sp³-hybridized carbons (Fsp3) is 0.300. The molecule has 27 heavy (non-hydrogen) atoms. The maximum Gasteiger partial charge on any atom is 0.347 e. The van der Waals surface area contributed by atoms with Gasteiger partial charge < -0.3 is 19.7 Å². The highest BCUT2D eigenvalue weighted by atomic mass is 32.2. The summed E-state index contributed by atoms with van der Waals surface area (Å²) >= 11 is 1.51. The minimum atomic E-state index is -1.30. The maximum atomic E-state index is 11.1. The van der Waals surface area contributed by atoms with E-state index < -0.39 is 23.1 Å². The third kappa shape index (κ3) is 5.65. The van der Waals surface area contributed by atoms with E-state index in [9.17, 15) is 9.59 Å². The van der Waals surface area contributed by atoms with Gasteiger partial charge >= 0.3 is 11.9 Å². The van der Waals surface area contributed by atoms with E-state index in [-0.39, 0.29) is 0 Å². The van der Waals surface area contributed by atoms with Crippen LogP contribution >= 0.6 is 11.8 Å². The number of ether oxygens (including phenoxy) is 2. The van der Waals surface area contributed by atoms with Crippen molar-refractivity contribution >= 4 is 23.7 Å². The number of aliphatic carboxylic acids is 2. The van der Waals surface area contributed by atoms with Gasteiger partial charge in [0.15, 0.2) is 11.2 Å². The molecule has 0 unspecified atom stereocenters. The van der Waals surface area contributed by atoms with Crippen molar-refractivity contribution in [2.75, 3.05) is 0 Å². The molecule has 0 bridgehead atoms. The quantitative estimate of drug-likeness (QED) is 0.693. The summed E-state index contributed by atoms with van der Waals surface area (Å²) in [5.74, 6) is -1.11. The topological polar surface area (TPSA) is 93.1 Å². The van der Waals surface area contributed by atoms with E-state index >= 15 is 0 Å². The zero-order chi connectivity index (χ0) is 20.2. The van der Waals surface area contributed by atoms with E-state index in [0.717, 1.165) is 9.79 Å². The fourth-order valence-electron chi connectivity index (χ4n) is 1.96. The molecule has 0 spiro atoms. The standard InChI is InChI=1S/C20H22O6S/c1-19(2,17(21)22)25-13-5-9-15(10-6-13)27-16-11-7-14(8-12-16)26-20(3,4)18(23)24/h5-12H,1-4H3,(H,21,22)(H,23,24). The minimum absolute atomic E-state index is 0.478. The Bertz CT molecular complexity index is 740. The highest BCUT2D eigenvalue weighted by Gasteiger charge is 2.30. The van der Waals surface area contributed by atoms with Crippen LogP contribution in [0.4, 0.5) is 0 Å². The van der Waals surface area contributed by atoms with Crippen LogP contribution in [0.1, 0.15) is 27.7 Å². The molecule has 0 amide bonds. The minimum Gasteiger partial charge on any atom is -0.478 e. The van der Waals surface area contributed by atoms with Crippen molar-refractivity contribution in [3.8, 4) is 11.5 Å². The van der Waals surface area contributed by atoms with Crippen LogP contribution in [0.25, 0.3) is 0 Å². The molecule has 0 fully saturated rings. The van der Waals surface area contributed by atoms with Crippen molar-refractivity contribution in [1.82, 2.24) is 0 Å². The van der Waals surface area contributed by atoms with Crippen molar-refractivity contribution in [1.29, 1.82) is 0 Å². The molecule has 0 saturated carbocycles. The Labute approximate surface area is 162 Å². The fourth-order valence-corrected chi connectivity index (χ4v) is 2.78. The van der Waals surface area contributed by atoms with Crippen LogP contribution in [-0.2, 0) is 9.59 Å². The smallest absolute Gasteiger partial charge is 0.347 e. The van der Waals surface area contributed by atoms with E-state index in [2.05, 4.69) is 0 Å².